The van der Waals surface area contributed by atoms with Crippen molar-refractivity contribution in [1.29, 1.82) is 0 Å². The Morgan fingerprint density at radius 3 is 2.47 bits per heavy atom. The molecule has 0 aliphatic heterocycles. The van der Waals surface area contributed by atoms with E-state index in [2.05, 4.69) is 58.1 Å². The monoisotopic (exact) mass is 370 g/mol. The summed E-state index contributed by atoms with van der Waals surface area (Å²) in [4.78, 5) is 4.67. The van der Waals surface area contributed by atoms with Gasteiger partial charge in [-0.1, -0.05) is 44.2 Å². The summed E-state index contributed by atoms with van der Waals surface area (Å²) in [5.74, 6) is 1.44. The SMILES string of the molecule is CC(C)c1nc(COCc2ccccc2)n(C)c1I. The fourth-order valence-corrected chi connectivity index (χ4v) is 2.90. The molecule has 2 rings (SSSR count). The van der Waals surface area contributed by atoms with E-state index in [1.807, 2.05) is 25.2 Å². The largest absolute Gasteiger partial charge is 0.369 e. The molecular formula is C15H19IN2O. The number of aromatic nitrogens is 2. The minimum absolute atomic E-state index is 0.445. The maximum absolute atomic E-state index is 5.75. The van der Waals surface area contributed by atoms with Gasteiger partial charge in [0, 0.05) is 7.05 Å². The van der Waals surface area contributed by atoms with Crippen LogP contribution in [0.25, 0.3) is 0 Å². The predicted octanol–water partition coefficient (Wildman–Crippen LogP) is 3.86. The number of imidazole rings is 1. The van der Waals surface area contributed by atoms with Gasteiger partial charge in [-0.05, 0) is 34.1 Å². The topological polar surface area (TPSA) is 27.1 Å². The number of halogens is 1. The van der Waals surface area contributed by atoms with Gasteiger partial charge >= 0.3 is 0 Å². The van der Waals surface area contributed by atoms with Crippen LogP contribution in [-0.4, -0.2) is 9.55 Å². The van der Waals surface area contributed by atoms with Gasteiger partial charge in [0.25, 0.3) is 0 Å². The standard InChI is InChI=1S/C15H19IN2O/c1-11(2)14-15(16)18(3)13(17-14)10-19-9-12-7-5-4-6-8-12/h4-8,11H,9-10H2,1-3H3. The number of benzene rings is 1. The zero-order valence-electron chi connectivity index (χ0n) is 11.6. The fraction of sp³-hybridized carbons (Fsp3) is 0.400. The second-order valence-electron chi connectivity index (χ2n) is 4.90. The third-order valence-electron chi connectivity index (χ3n) is 3.03. The fourth-order valence-electron chi connectivity index (χ4n) is 1.88. The number of nitrogens with zero attached hydrogens (tertiary/aromatic N) is 2. The van der Waals surface area contributed by atoms with Gasteiger partial charge in [0.2, 0.25) is 0 Å². The van der Waals surface area contributed by atoms with Gasteiger partial charge in [-0.3, -0.25) is 0 Å². The summed E-state index contributed by atoms with van der Waals surface area (Å²) in [6.45, 7) is 5.51. The zero-order chi connectivity index (χ0) is 13.8. The molecule has 0 saturated heterocycles. The molecule has 0 saturated carbocycles. The smallest absolute Gasteiger partial charge is 0.135 e. The first-order valence-electron chi connectivity index (χ1n) is 6.42. The Balaban J connectivity index is 1.98. The van der Waals surface area contributed by atoms with Gasteiger partial charge in [-0.15, -0.1) is 0 Å². The molecule has 0 bridgehead atoms. The number of ether oxygens (including phenoxy) is 1. The summed E-state index contributed by atoms with van der Waals surface area (Å²) in [5.41, 5.74) is 2.34. The lowest BCUT2D eigenvalue weighted by atomic mass is 10.2. The van der Waals surface area contributed by atoms with Crippen LogP contribution in [0.15, 0.2) is 30.3 Å². The Labute approximate surface area is 128 Å². The van der Waals surface area contributed by atoms with Crippen molar-refractivity contribution < 1.29 is 4.74 Å². The van der Waals surface area contributed by atoms with Crippen LogP contribution in [0.1, 0.15) is 36.8 Å². The van der Waals surface area contributed by atoms with Crippen molar-refractivity contribution in [3.8, 4) is 0 Å². The molecule has 102 valence electrons. The molecule has 1 heterocycles. The molecule has 3 nitrogen and oxygen atoms in total. The van der Waals surface area contributed by atoms with E-state index < -0.39 is 0 Å². The van der Waals surface area contributed by atoms with E-state index in [0.29, 0.717) is 19.1 Å². The molecule has 0 unspecified atom stereocenters. The highest BCUT2D eigenvalue weighted by molar-refractivity contribution is 14.1. The van der Waals surface area contributed by atoms with Crippen LogP contribution in [0.2, 0.25) is 0 Å². The first-order valence-corrected chi connectivity index (χ1v) is 7.50. The quantitative estimate of drug-likeness (QED) is 0.748. The van der Waals surface area contributed by atoms with Crippen molar-refractivity contribution >= 4 is 22.6 Å². The van der Waals surface area contributed by atoms with Gasteiger partial charge in [-0.25, -0.2) is 4.98 Å². The highest BCUT2D eigenvalue weighted by atomic mass is 127. The second-order valence-corrected chi connectivity index (χ2v) is 5.92. The van der Waals surface area contributed by atoms with Crippen LogP contribution < -0.4 is 0 Å². The maximum Gasteiger partial charge on any atom is 0.135 e. The maximum atomic E-state index is 5.75. The van der Waals surface area contributed by atoms with Gasteiger partial charge < -0.3 is 9.30 Å². The van der Waals surface area contributed by atoms with E-state index >= 15 is 0 Å². The van der Waals surface area contributed by atoms with E-state index in [-0.39, 0.29) is 0 Å². The third kappa shape index (κ3) is 3.57. The van der Waals surface area contributed by atoms with E-state index in [0.717, 1.165) is 11.5 Å². The summed E-state index contributed by atoms with van der Waals surface area (Å²) in [6, 6.07) is 10.2. The van der Waals surface area contributed by atoms with Gasteiger partial charge in [0.05, 0.1) is 12.3 Å². The highest BCUT2D eigenvalue weighted by Gasteiger charge is 2.14. The van der Waals surface area contributed by atoms with Crippen molar-refractivity contribution in [2.75, 3.05) is 0 Å². The molecule has 1 aromatic carbocycles. The lowest BCUT2D eigenvalue weighted by molar-refractivity contribution is 0.0998. The summed E-state index contributed by atoms with van der Waals surface area (Å²) in [5, 5.41) is 0. The summed E-state index contributed by atoms with van der Waals surface area (Å²) in [6.07, 6.45) is 0. The van der Waals surface area contributed by atoms with Crippen LogP contribution in [0.3, 0.4) is 0 Å². The van der Waals surface area contributed by atoms with Crippen LogP contribution in [0, 0.1) is 3.70 Å². The van der Waals surface area contributed by atoms with Crippen LogP contribution in [-0.2, 0) is 25.0 Å². The minimum atomic E-state index is 0.445. The molecule has 0 aliphatic carbocycles. The van der Waals surface area contributed by atoms with Gasteiger partial charge in [0.1, 0.15) is 16.1 Å². The summed E-state index contributed by atoms with van der Waals surface area (Å²) < 4.78 is 9.06. The van der Waals surface area contributed by atoms with Gasteiger partial charge in [-0.2, -0.15) is 0 Å². The van der Waals surface area contributed by atoms with Crippen molar-refractivity contribution in [3.63, 3.8) is 0 Å². The highest BCUT2D eigenvalue weighted by Crippen LogP contribution is 2.21. The normalized spacial score (nSPS) is 11.2. The predicted molar refractivity (Wildman–Crippen MR) is 84.9 cm³/mol. The van der Waals surface area contributed by atoms with Crippen molar-refractivity contribution in [2.24, 2.45) is 7.05 Å². The molecule has 0 spiro atoms. The lowest BCUT2D eigenvalue weighted by Gasteiger charge is -2.04. The first kappa shape index (κ1) is 14.5. The molecule has 1 aromatic heterocycles. The van der Waals surface area contributed by atoms with Crippen molar-refractivity contribution in [2.45, 2.75) is 33.0 Å². The Bertz CT molecular complexity index is 535. The Hall–Kier alpha value is -0.880. The van der Waals surface area contributed by atoms with Crippen LogP contribution in [0.5, 0.6) is 0 Å². The Kier molecular flexibility index (Phi) is 4.99. The summed E-state index contributed by atoms with van der Waals surface area (Å²) >= 11 is 2.35. The van der Waals surface area contributed by atoms with Crippen LogP contribution in [0.4, 0.5) is 0 Å². The van der Waals surface area contributed by atoms with Crippen LogP contribution >= 0.6 is 22.6 Å². The van der Waals surface area contributed by atoms with E-state index in [1.54, 1.807) is 0 Å². The molecule has 0 fully saturated rings. The van der Waals surface area contributed by atoms with E-state index in [9.17, 15) is 0 Å². The average molecular weight is 370 g/mol. The molecule has 0 aliphatic rings. The number of hydrogen-bond acceptors (Lipinski definition) is 2. The molecule has 0 radical (unpaired) electrons. The lowest BCUT2D eigenvalue weighted by Crippen LogP contribution is -2.02. The molecule has 19 heavy (non-hydrogen) atoms. The van der Waals surface area contributed by atoms with Gasteiger partial charge in [0.15, 0.2) is 0 Å². The molecule has 4 heteroatoms. The van der Waals surface area contributed by atoms with E-state index in [4.69, 9.17) is 4.74 Å². The zero-order valence-corrected chi connectivity index (χ0v) is 13.7. The molecule has 0 amide bonds. The molecule has 0 N–H and O–H groups in total. The second kappa shape index (κ2) is 6.52. The van der Waals surface area contributed by atoms with E-state index in [1.165, 1.54) is 9.26 Å². The molecule has 2 aromatic rings. The minimum Gasteiger partial charge on any atom is -0.369 e. The molecular weight excluding hydrogens is 351 g/mol. The Morgan fingerprint density at radius 2 is 1.89 bits per heavy atom. The number of hydrogen-bond donors (Lipinski definition) is 0. The summed E-state index contributed by atoms with van der Waals surface area (Å²) in [7, 11) is 2.04. The first-order chi connectivity index (χ1) is 9.09. The Morgan fingerprint density at radius 1 is 1.21 bits per heavy atom. The number of rotatable bonds is 5. The molecule has 0 atom stereocenters. The third-order valence-corrected chi connectivity index (χ3v) is 4.31. The van der Waals surface area contributed by atoms with Crippen molar-refractivity contribution in [3.05, 3.63) is 51.1 Å². The van der Waals surface area contributed by atoms with Crippen molar-refractivity contribution in [1.82, 2.24) is 9.55 Å². The average Bonchev–Trinajstić information content (AvgIpc) is 2.68.